The van der Waals surface area contributed by atoms with Crippen LogP contribution in [0.1, 0.15) is 23.6 Å². The first kappa shape index (κ1) is 20.5. The van der Waals surface area contributed by atoms with Crippen LogP contribution in [-0.2, 0) is 9.59 Å². The van der Waals surface area contributed by atoms with Crippen molar-refractivity contribution < 1.29 is 19.1 Å². The van der Waals surface area contributed by atoms with Gasteiger partial charge in [0.25, 0.3) is 0 Å². The first-order chi connectivity index (χ1) is 14.9. The van der Waals surface area contributed by atoms with Gasteiger partial charge in [-0.25, -0.2) is 4.68 Å². The number of aryl methyl sites for hydroxylation is 1. The summed E-state index contributed by atoms with van der Waals surface area (Å²) in [5, 5.41) is 10.4. The summed E-state index contributed by atoms with van der Waals surface area (Å²) in [5.41, 5.74) is 4.07. The number of benzene rings is 2. The van der Waals surface area contributed by atoms with Gasteiger partial charge in [0.2, 0.25) is 11.8 Å². The number of methoxy groups -OCH3 is 2. The number of fused-ring (bicyclic) bond motifs is 1. The number of anilines is 2. The van der Waals surface area contributed by atoms with E-state index in [-0.39, 0.29) is 18.2 Å². The van der Waals surface area contributed by atoms with Gasteiger partial charge in [0, 0.05) is 17.2 Å². The number of ether oxygens (including phenoxy) is 2. The van der Waals surface area contributed by atoms with E-state index < -0.39 is 6.04 Å². The van der Waals surface area contributed by atoms with Gasteiger partial charge in [0.15, 0.2) is 0 Å². The van der Waals surface area contributed by atoms with Crippen LogP contribution in [0.5, 0.6) is 11.5 Å². The molecular formula is C23H24N4O4. The molecule has 0 radical (unpaired) electrons. The normalized spacial score (nSPS) is 15.1. The van der Waals surface area contributed by atoms with Crippen molar-refractivity contribution in [2.75, 3.05) is 24.9 Å². The van der Waals surface area contributed by atoms with Gasteiger partial charge < -0.3 is 20.1 Å². The Morgan fingerprint density at radius 3 is 2.55 bits per heavy atom. The van der Waals surface area contributed by atoms with Crippen molar-refractivity contribution >= 4 is 23.3 Å². The van der Waals surface area contributed by atoms with E-state index >= 15 is 0 Å². The van der Waals surface area contributed by atoms with Gasteiger partial charge in [0.05, 0.1) is 32.0 Å². The Kier molecular flexibility index (Phi) is 5.37. The van der Waals surface area contributed by atoms with Crippen LogP contribution in [0.3, 0.4) is 0 Å². The van der Waals surface area contributed by atoms with Crippen LogP contribution in [0.15, 0.2) is 42.5 Å². The van der Waals surface area contributed by atoms with E-state index in [1.54, 1.807) is 30.0 Å². The van der Waals surface area contributed by atoms with Crippen molar-refractivity contribution in [1.82, 2.24) is 9.78 Å². The van der Waals surface area contributed by atoms with E-state index in [1.165, 1.54) is 7.11 Å². The predicted octanol–water partition coefficient (Wildman–Crippen LogP) is 3.71. The number of nitrogens with one attached hydrogen (secondary N) is 2. The molecular weight excluding hydrogens is 396 g/mol. The van der Waals surface area contributed by atoms with E-state index in [1.807, 2.05) is 38.1 Å². The highest BCUT2D eigenvalue weighted by Crippen LogP contribution is 2.35. The van der Waals surface area contributed by atoms with Crippen LogP contribution < -0.4 is 20.1 Å². The van der Waals surface area contributed by atoms with E-state index in [0.717, 1.165) is 22.4 Å². The van der Waals surface area contributed by atoms with Crippen LogP contribution in [0.25, 0.3) is 11.3 Å². The minimum Gasteiger partial charge on any atom is -0.497 e. The van der Waals surface area contributed by atoms with Gasteiger partial charge in [-0.3, -0.25) is 9.59 Å². The molecule has 1 aliphatic rings. The number of rotatable bonds is 5. The summed E-state index contributed by atoms with van der Waals surface area (Å²) in [6, 6.07) is 12.3. The minimum absolute atomic E-state index is 0.0143. The second kappa shape index (κ2) is 8.14. The summed E-state index contributed by atoms with van der Waals surface area (Å²) in [5.74, 6) is 1.01. The van der Waals surface area contributed by atoms with Crippen molar-refractivity contribution in [2.24, 2.45) is 0 Å². The fourth-order valence-corrected chi connectivity index (χ4v) is 3.66. The molecule has 1 aliphatic heterocycles. The quantitative estimate of drug-likeness (QED) is 0.656. The topological polar surface area (TPSA) is 94.5 Å². The Bertz CT molecular complexity index is 1150. The molecule has 0 saturated carbocycles. The maximum absolute atomic E-state index is 13.2. The van der Waals surface area contributed by atoms with Crippen LogP contribution >= 0.6 is 0 Å². The standard InChI is InChI=1S/C23H24N4O4/c1-13-5-7-15(8-6-13)21-14(2)22-25-20(28)12-18(27(22)26-21)23(29)24-17-11-16(30-3)9-10-19(17)31-4/h5-11,18H,12H2,1-4H3,(H,24,29)(H,25,28)/t18-/m0/s1. The summed E-state index contributed by atoms with van der Waals surface area (Å²) >= 11 is 0. The van der Waals surface area contributed by atoms with Gasteiger partial charge >= 0.3 is 0 Å². The van der Waals surface area contributed by atoms with Crippen molar-refractivity contribution in [3.63, 3.8) is 0 Å². The van der Waals surface area contributed by atoms with E-state index in [9.17, 15) is 9.59 Å². The maximum Gasteiger partial charge on any atom is 0.249 e. The molecule has 0 bridgehead atoms. The summed E-state index contributed by atoms with van der Waals surface area (Å²) in [6.45, 7) is 3.90. The average molecular weight is 420 g/mol. The number of nitrogens with zero attached hydrogens (tertiary/aromatic N) is 2. The van der Waals surface area contributed by atoms with Gasteiger partial charge in [-0.05, 0) is 26.0 Å². The SMILES string of the molecule is COc1ccc(OC)c(NC(=O)[C@@H]2CC(=O)Nc3c(C)c(-c4ccc(C)cc4)nn32)c1. The molecule has 0 fully saturated rings. The zero-order valence-corrected chi connectivity index (χ0v) is 17.9. The van der Waals surface area contributed by atoms with Crippen molar-refractivity contribution in [3.05, 3.63) is 53.6 Å². The fraction of sp³-hybridized carbons (Fsp3) is 0.261. The number of carbonyl (C=O) groups is 2. The van der Waals surface area contributed by atoms with Crippen molar-refractivity contribution in [1.29, 1.82) is 0 Å². The summed E-state index contributed by atoms with van der Waals surface area (Å²) < 4.78 is 12.2. The third kappa shape index (κ3) is 3.84. The lowest BCUT2D eigenvalue weighted by Gasteiger charge is -2.24. The molecule has 1 atom stereocenters. The molecule has 1 aromatic heterocycles. The molecule has 160 valence electrons. The summed E-state index contributed by atoms with van der Waals surface area (Å²) in [7, 11) is 3.07. The second-order valence-corrected chi connectivity index (χ2v) is 7.46. The zero-order valence-electron chi connectivity index (χ0n) is 17.9. The molecule has 3 aromatic rings. The van der Waals surface area contributed by atoms with Crippen molar-refractivity contribution in [3.8, 4) is 22.8 Å². The van der Waals surface area contributed by atoms with Crippen LogP contribution in [0.2, 0.25) is 0 Å². The first-order valence-corrected chi connectivity index (χ1v) is 9.90. The van der Waals surface area contributed by atoms with Crippen LogP contribution in [0, 0.1) is 13.8 Å². The number of aromatic nitrogens is 2. The van der Waals surface area contributed by atoms with Gasteiger partial charge in [-0.2, -0.15) is 5.10 Å². The number of carbonyl (C=O) groups excluding carboxylic acids is 2. The molecule has 0 saturated heterocycles. The Balaban J connectivity index is 1.70. The average Bonchev–Trinajstić information content (AvgIpc) is 3.10. The Hall–Kier alpha value is -3.81. The lowest BCUT2D eigenvalue weighted by atomic mass is 10.1. The minimum atomic E-state index is -0.794. The largest absolute Gasteiger partial charge is 0.497 e. The zero-order chi connectivity index (χ0) is 22.1. The Labute approximate surface area is 180 Å². The number of amides is 2. The number of hydrogen-bond acceptors (Lipinski definition) is 5. The van der Waals surface area contributed by atoms with E-state index in [4.69, 9.17) is 14.6 Å². The van der Waals surface area contributed by atoms with Crippen LogP contribution in [0.4, 0.5) is 11.5 Å². The molecule has 2 N–H and O–H groups in total. The lowest BCUT2D eigenvalue weighted by molar-refractivity contribution is -0.125. The van der Waals surface area contributed by atoms with Gasteiger partial charge in [-0.15, -0.1) is 0 Å². The molecule has 2 amide bonds. The highest BCUT2D eigenvalue weighted by molar-refractivity contribution is 6.02. The molecule has 4 rings (SSSR count). The van der Waals surface area contributed by atoms with E-state index in [0.29, 0.717) is 23.0 Å². The molecule has 2 aromatic carbocycles. The van der Waals surface area contributed by atoms with Gasteiger partial charge in [0.1, 0.15) is 23.4 Å². The molecule has 0 unspecified atom stereocenters. The second-order valence-electron chi connectivity index (χ2n) is 7.46. The molecule has 8 heteroatoms. The summed E-state index contributed by atoms with van der Waals surface area (Å²) in [6.07, 6.45) is -0.0143. The predicted molar refractivity (Wildman–Crippen MR) is 118 cm³/mol. The molecule has 0 spiro atoms. The Morgan fingerprint density at radius 2 is 1.87 bits per heavy atom. The molecule has 8 nitrogen and oxygen atoms in total. The first-order valence-electron chi connectivity index (χ1n) is 9.90. The maximum atomic E-state index is 13.2. The highest BCUT2D eigenvalue weighted by Gasteiger charge is 2.34. The number of hydrogen-bond donors (Lipinski definition) is 2. The molecule has 2 heterocycles. The third-order valence-electron chi connectivity index (χ3n) is 5.37. The van der Waals surface area contributed by atoms with Gasteiger partial charge in [-0.1, -0.05) is 29.8 Å². The van der Waals surface area contributed by atoms with Crippen molar-refractivity contribution in [2.45, 2.75) is 26.3 Å². The monoisotopic (exact) mass is 420 g/mol. The Morgan fingerprint density at radius 1 is 1.13 bits per heavy atom. The molecule has 0 aliphatic carbocycles. The molecule has 31 heavy (non-hydrogen) atoms. The van der Waals surface area contributed by atoms with Crippen LogP contribution in [-0.4, -0.2) is 35.8 Å². The summed E-state index contributed by atoms with van der Waals surface area (Å²) in [4.78, 5) is 25.6. The lowest BCUT2D eigenvalue weighted by Crippen LogP contribution is -2.36. The third-order valence-corrected chi connectivity index (χ3v) is 5.37. The highest BCUT2D eigenvalue weighted by atomic mass is 16.5. The van der Waals surface area contributed by atoms with E-state index in [2.05, 4.69) is 10.6 Å². The smallest absolute Gasteiger partial charge is 0.249 e. The fourth-order valence-electron chi connectivity index (χ4n) is 3.66.